The van der Waals surface area contributed by atoms with Crippen LogP contribution >= 0.6 is 11.3 Å². The minimum Gasteiger partial charge on any atom is -0.489 e. The van der Waals surface area contributed by atoms with Crippen molar-refractivity contribution in [3.05, 3.63) is 82.0 Å². The molecule has 3 aromatic rings. The fraction of sp³-hybridized carbons (Fsp3) is 0.261. The average molecular weight is 457 g/mol. The lowest BCUT2D eigenvalue weighted by atomic mass is 10.2. The maximum atomic E-state index is 12.9. The second-order valence-corrected chi connectivity index (χ2v) is 10.3. The van der Waals surface area contributed by atoms with Crippen molar-refractivity contribution in [3.63, 3.8) is 0 Å². The molecule has 1 aliphatic heterocycles. The predicted octanol–water partition coefficient (Wildman–Crippen LogP) is 3.78. The highest BCUT2D eigenvalue weighted by molar-refractivity contribution is 7.89. The summed E-state index contributed by atoms with van der Waals surface area (Å²) in [4.78, 5) is 15.5. The van der Waals surface area contributed by atoms with Gasteiger partial charge < -0.3 is 9.64 Å². The lowest BCUT2D eigenvalue weighted by Crippen LogP contribution is -2.50. The Hall–Kier alpha value is -2.68. The van der Waals surface area contributed by atoms with E-state index in [1.807, 2.05) is 42.6 Å². The van der Waals surface area contributed by atoms with E-state index in [-0.39, 0.29) is 23.9 Å². The second kappa shape index (κ2) is 9.21. The fourth-order valence-electron chi connectivity index (χ4n) is 3.46. The fourth-order valence-corrected chi connectivity index (χ4v) is 5.77. The minimum atomic E-state index is -3.53. The number of thiophene rings is 1. The Bertz CT molecular complexity index is 1150. The van der Waals surface area contributed by atoms with Gasteiger partial charge in [-0.3, -0.25) is 4.79 Å². The summed E-state index contributed by atoms with van der Waals surface area (Å²) in [6.45, 7) is 3.74. The van der Waals surface area contributed by atoms with Crippen LogP contribution in [-0.2, 0) is 16.6 Å². The molecule has 0 N–H and O–H groups in total. The van der Waals surface area contributed by atoms with Gasteiger partial charge in [0.15, 0.2) is 0 Å². The minimum absolute atomic E-state index is 0.0661. The topological polar surface area (TPSA) is 66.9 Å². The van der Waals surface area contributed by atoms with Gasteiger partial charge in [0.1, 0.15) is 12.4 Å². The van der Waals surface area contributed by atoms with E-state index in [4.69, 9.17) is 4.74 Å². The molecule has 2 aromatic carbocycles. The maximum absolute atomic E-state index is 12.9. The molecule has 6 nitrogen and oxygen atoms in total. The van der Waals surface area contributed by atoms with Gasteiger partial charge in [-0.15, -0.1) is 11.3 Å². The van der Waals surface area contributed by atoms with Gasteiger partial charge in [-0.25, -0.2) is 8.42 Å². The van der Waals surface area contributed by atoms with Crippen LogP contribution in [-0.4, -0.2) is 49.7 Å². The Morgan fingerprint density at radius 2 is 1.74 bits per heavy atom. The van der Waals surface area contributed by atoms with Crippen LogP contribution in [0, 0.1) is 6.92 Å². The van der Waals surface area contributed by atoms with Gasteiger partial charge in [-0.2, -0.15) is 4.31 Å². The standard InChI is InChI=1S/C23H24N2O4S2/c1-18-6-5-7-20(14-18)29-16-19-15-22(30-17-19)23(26)24-10-12-25(13-11-24)31(27,28)21-8-3-2-4-9-21/h2-9,14-15,17H,10-13,16H2,1H3. The number of hydrogen-bond donors (Lipinski definition) is 0. The van der Waals surface area contributed by atoms with Gasteiger partial charge in [-0.1, -0.05) is 30.3 Å². The largest absolute Gasteiger partial charge is 0.489 e. The smallest absolute Gasteiger partial charge is 0.264 e. The van der Waals surface area contributed by atoms with Crippen LogP contribution in [0.3, 0.4) is 0 Å². The summed E-state index contributed by atoms with van der Waals surface area (Å²) < 4.78 is 32.8. The molecule has 0 saturated carbocycles. The predicted molar refractivity (Wildman–Crippen MR) is 121 cm³/mol. The van der Waals surface area contributed by atoms with E-state index < -0.39 is 10.0 Å². The molecule has 0 unspecified atom stereocenters. The third-order valence-electron chi connectivity index (χ3n) is 5.17. The molecule has 162 valence electrons. The highest BCUT2D eigenvalue weighted by Crippen LogP contribution is 2.22. The number of nitrogens with zero attached hydrogens (tertiary/aromatic N) is 2. The van der Waals surface area contributed by atoms with E-state index in [0.717, 1.165) is 16.9 Å². The summed E-state index contributed by atoms with van der Waals surface area (Å²) in [5.74, 6) is 0.735. The highest BCUT2D eigenvalue weighted by atomic mass is 32.2. The second-order valence-electron chi connectivity index (χ2n) is 7.43. The molecule has 31 heavy (non-hydrogen) atoms. The van der Waals surface area contributed by atoms with Crippen molar-refractivity contribution < 1.29 is 17.9 Å². The van der Waals surface area contributed by atoms with Gasteiger partial charge in [0.2, 0.25) is 10.0 Å². The first-order chi connectivity index (χ1) is 14.9. The number of sulfonamides is 1. The van der Waals surface area contributed by atoms with Crippen LogP contribution in [0.15, 0.2) is 70.9 Å². The quantitative estimate of drug-likeness (QED) is 0.566. The van der Waals surface area contributed by atoms with Crippen LogP contribution in [0.2, 0.25) is 0 Å². The lowest BCUT2D eigenvalue weighted by molar-refractivity contribution is 0.0702. The summed E-state index contributed by atoms with van der Waals surface area (Å²) in [5, 5.41) is 1.93. The van der Waals surface area contributed by atoms with Crippen LogP contribution in [0.25, 0.3) is 0 Å². The Balaban J connectivity index is 1.34. The monoisotopic (exact) mass is 456 g/mol. The number of benzene rings is 2. The van der Waals surface area contributed by atoms with Gasteiger partial charge in [0.25, 0.3) is 5.91 Å². The molecule has 1 fully saturated rings. The number of ether oxygens (including phenoxy) is 1. The number of hydrogen-bond acceptors (Lipinski definition) is 5. The molecule has 1 saturated heterocycles. The van der Waals surface area contributed by atoms with Crippen LogP contribution in [0.4, 0.5) is 0 Å². The molecular weight excluding hydrogens is 432 g/mol. The first kappa shape index (κ1) is 21.5. The van der Waals surface area contributed by atoms with Crippen LogP contribution in [0.1, 0.15) is 20.8 Å². The van der Waals surface area contributed by atoms with Crippen molar-refractivity contribution in [1.29, 1.82) is 0 Å². The van der Waals surface area contributed by atoms with Gasteiger partial charge in [0, 0.05) is 31.7 Å². The van der Waals surface area contributed by atoms with Crippen molar-refractivity contribution in [2.75, 3.05) is 26.2 Å². The summed E-state index contributed by atoms with van der Waals surface area (Å²) in [7, 11) is -3.53. The zero-order chi connectivity index (χ0) is 21.8. The number of amides is 1. The highest BCUT2D eigenvalue weighted by Gasteiger charge is 2.30. The van der Waals surface area contributed by atoms with Crippen molar-refractivity contribution in [2.24, 2.45) is 0 Å². The van der Waals surface area contributed by atoms with E-state index in [0.29, 0.717) is 24.6 Å². The normalized spacial score (nSPS) is 15.1. The van der Waals surface area contributed by atoms with E-state index in [9.17, 15) is 13.2 Å². The average Bonchev–Trinajstić information content (AvgIpc) is 3.27. The van der Waals surface area contributed by atoms with Crippen molar-refractivity contribution in [3.8, 4) is 5.75 Å². The Morgan fingerprint density at radius 1 is 1.00 bits per heavy atom. The molecule has 0 radical (unpaired) electrons. The van der Waals surface area contributed by atoms with Crippen molar-refractivity contribution >= 4 is 27.3 Å². The third kappa shape index (κ3) is 4.98. The SMILES string of the molecule is Cc1cccc(OCc2csc(C(=O)N3CCN(S(=O)(=O)c4ccccc4)CC3)c2)c1. The van der Waals surface area contributed by atoms with Gasteiger partial charge in [-0.05, 0) is 48.2 Å². The molecule has 4 rings (SSSR count). The number of aryl methyl sites for hydroxylation is 1. The molecule has 0 spiro atoms. The van der Waals surface area contributed by atoms with E-state index in [1.165, 1.54) is 15.6 Å². The molecule has 8 heteroatoms. The molecule has 0 atom stereocenters. The van der Waals surface area contributed by atoms with Gasteiger partial charge >= 0.3 is 0 Å². The molecule has 0 bridgehead atoms. The first-order valence-electron chi connectivity index (χ1n) is 10.0. The Labute approximate surface area is 186 Å². The number of piperazine rings is 1. The molecule has 2 heterocycles. The number of carbonyl (C=O) groups is 1. The molecule has 1 amide bonds. The number of carbonyl (C=O) groups excluding carboxylic acids is 1. The zero-order valence-corrected chi connectivity index (χ0v) is 18.9. The molecule has 1 aliphatic rings. The summed E-state index contributed by atoms with van der Waals surface area (Å²) >= 11 is 1.39. The van der Waals surface area contributed by atoms with E-state index in [1.54, 1.807) is 35.2 Å². The molecular formula is C23H24N2O4S2. The summed E-state index contributed by atoms with van der Waals surface area (Å²) in [6.07, 6.45) is 0. The Kier molecular flexibility index (Phi) is 6.41. The van der Waals surface area contributed by atoms with E-state index >= 15 is 0 Å². The maximum Gasteiger partial charge on any atom is 0.264 e. The van der Waals surface area contributed by atoms with Crippen molar-refractivity contribution in [2.45, 2.75) is 18.4 Å². The molecule has 1 aromatic heterocycles. The Morgan fingerprint density at radius 3 is 2.45 bits per heavy atom. The number of rotatable bonds is 6. The summed E-state index contributed by atoms with van der Waals surface area (Å²) in [6, 6.07) is 18.1. The van der Waals surface area contributed by atoms with Crippen molar-refractivity contribution in [1.82, 2.24) is 9.21 Å². The lowest BCUT2D eigenvalue weighted by Gasteiger charge is -2.33. The van der Waals surface area contributed by atoms with Crippen LogP contribution < -0.4 is 4.74 Å². The zero-order valence-electron chi connectivity index (χ0n) is 17.2. The van der Waals surface area contributed by atoms with Crippen LogP contribution in [0.5, 0.6) is 5.75 Å². The first-order valence-corrected chi connectivity index (χ1v) is 12.4. The molecule has 0 aliphatic carbocycles. The van der Waals surface area contributed by atoms with Gasteiger partial charge in [0.05, 0.1) is 9.77 Å². The third-order valence-corrected chi connectivity index (χ3v) is 8.05. The van der Waals surface area contributed by atoms with E-state index in [2.05, 4.69) is 0 Å². The summed E-state index contributed by atoms with van der Waals surface area (Å²) in [5.41, 5.74) is 2.08.